The number of alkyl halides is 3. The maximum atomic E-state index is 12.5. The molecule has 0 radical (unpaired) electrons. The van der Waals surface area contributed by atoms with E-state index >= 15 is 0 Å². The normalized spacial score (nSPS) is 14.6. The molecule has 1 aromatic carbocycles. The fourth-order valence-corrected chi connectivity index (χ4v) is 1.11. The zero-order chi connectivity index (χ0) is 14.8. The fraction of sp³-hybridized carbons (Fsp3) is 0.273. The number of carbonyl (C=O) groups is 2. The predicted octanol–water partition coefficient (Wildman–Crippen LogP) is 1.00. The molecule has 0 aliphatic heterocycles. The second-order valence-corrected chi connectivity index (χ2v) is 4.10. The van der Waals surface area contributed by atoms with Gasteiger partial charge in [-0.1, -0.05) is 0 Å². The van der Waals surface area contributed by atoms with Crippen LogP contribution in [0.3, 0.4) is 0 Å². The van der Waals surface area contributed by atoms with E-state index in [1.807, 2.05) is 5.32 Å². The second kappa shape index (κ2) is 4.88. The van der Waals surface area contributed by atoms with E-state index in [1.165, 1.54) is 24.3 Å². The lowest BCUT2D eigenvalue weighted by atomic mass is 10.0. The highest BCUT2D eigenvalue weighted by Crippen LogP contribution is 2.29. The molecular weight excluding hydrogens is 263 g/mol. The summed E-state index contributed by atoms with van der Waals surface area (Å²) in [4.78, 5) is 22.2. The molecule has 0 heterocycles. The molecule has 104 valence electrons. The summed E-state index contributed by atoms with van der Waals surface area (Å²) in [6, 6.07) is 5.06. The Bertz CT molecular complexity index is 495. The first-order valence-corrected chi connectivity index (χ1v) is 5.12. The number of nitrogens with one attached hydrogen (secondary N) is 1. The number of rotatable bonds is 3. The molecule has 1 aromatic rings. The molecule has 5 nitrogen and oxygen atoms in total. The lowest BCUT2D eigenvalue weighted by Gasteiger charge is -2.26. The molecular formula is C11H12F3N3O2. The second-order valence-electron chi connectivity index (χ2n) is 4.10. The zero-order valence-electron chi connectivity index (χ0n) is 9.91. The van der Waals surface area contributed by atoms with E-state index in [0.717, 1.165) is 0 Å². The summed E-state index contributed by atoms with van der Waals surface area (Å²) in [6.07, 6.45) is -4.87. The Hall–Kier alpha value is -2.09. The van der Waals surface area contributed by atoms with Gasteiger partial charge in [-0.3, -0.25) is 9.59 Å². The van der Waals surface area contributed by atoms with E-state index in [4.69, 9.17) is 11.5 Å². The van der Waals surface area contributed by atoms with Crippen molar-refractivity contribution in [1.29, 1.82) is 0 Å². The van der Waals surface area contributed by atoms with Crippen molar-refractivity contribution in [2.24, 2.45) is 11.5 Å². The first-order chi connectivity index (χ1) is 8.55. The van der Waals surface area contributed by atoms with Gasteiger partial charge < -0.3 is 16.8 Å². The molecule has 0 spiro atoms. The lowest BCUT2D eigenvalue weighted by Crippen LogP contribution is -2.59. The summed E-state index contributed by atoms with van der Waals surface area (Å²) < 4.78 is 37.5. The van der Waals surface area contributed by atoms with Crippen LogP contribution in [-0.4, -0.2) is 23.5 Å². The molecule has 0 aliphatic rings. The van der Waals surface area contributed by atoms with E-state index in [2.05, 4.69) is 0 Å². The van der Waals surface area contributed by atoms with Gasteiger partial charge in [0.05, 0.1) is 0 Å². The summed E-state index contributed by atoms with van der Waals surface area (Å²) in [5, 5.41) is 2.02. The number of carbonyl (C=O) groups excluding carboxylic acids is 2. The van der Waals surface area contributed by atoms with Gasteiger partial charge in [0.15, 0.2) is 5.54 Å². The quantitative estimate of drug-likeness (QED) is 0.767. The van der Waals surface area contributed by atoms with Gasteiger partial charge >= 0.3 is 6.18 Å². The topological polar surface area (TPSA) is 98.2 Å². The third-order valence-electron chi connectivity index (χ3n) is 2.49. The van der Waals surface area contributed by atoms with Crippen LogP contribution in [0.5, 0.6) is 0 Å². The Labute approximate surface area is 106 Å². The van der Waals surface area contributed by atoms with E-state index in [1.54, 1.807) is 0 Å². The van der Waals surface area contributed by atoms with Crippen molar-refractivity contribution < 1.29 is 22.8 Å². The number of primary amides is 1. The number of hydrogen-bond donors (Lipinski definition) is 3. The van der Waals surface area contributed by atoms with Crippen LogP contribution in [-0.2, 0) is 4.79 Å². The van der Waals surface area contributed by atoms with E-state index in [0.29, 0.717) is 6.92 Å². The number of nitrogens with two attached hydrogens (primary N) is 2. The third-order valence-corrected chi connectivity index (χ3v) is 2.49. The Morgan fingerprint density at radius 1 is 1.16 bits per heavy atom. The summed E-state index contributed by atoms with van der Waals surface area (Å²) in [5.41, 5.74) is 7.19. The third kappa shape index (κ3) is 3.22. The largest absolute Gasteiger partial charge is 0.415 e. The molecule has 19 heavy (non-hydrogen) atoms. The van der Waals surface area contributed by atoms with Crippen molar-refractivity contribution in [3.63, 3.8) is 0 Å². The Morgan fingerprint density at radius 2 is 1.63 bits per heavy atom. The van der Waals surface area contributed by atoms with Crippen molar-refractivity contribution in [2.75, 3.05) is 5.32 Å². The molecule has 0 bridgehead atoms. The van der Waals surface area contributed by atoms with Crippen molar-refractivity contribution in [2.45, 2.75) is 18.6 Å². The van der Waals surface area contributed by atoms with Crippen LogP contribution in [0, 0.1) is 0 Å². The smallest absolute Gasteiger partial charge is 0.366 e. The maximum Gasteiger partial charge on any atom is 0.415 e. The molecule has 8 heteroatoms. The molecule has 1 atom stereocenters. The minimum atomic E-state index is -4.87. The molecule has 0 saturated heterocycles. The van der Waals surface area contributed by atoms with Crippen LogP contribution in [0.25, 0.3) is 0 Å². The highest BCUT2D eigenvalue weighted by molar-refractivity contribution is 5.99. The first kappa shape index (κ1) is 15.0. The molecule has 0 aliphatic carbocycles. The van der Waals surface area contributed by atoms with Gasteiger partial charge in [-0.2, -0.15) is 13.2 Å². The van der Waals surface area contributed by atoms with Gasteiger partial charge in [0, 0.05) is 11.3 Å². The lowest BCUT2D eigenvalue weighted by molar-refractivity contribution is -0.184. The molecule has 0 aromatic heterocycles. The van der Waals surface area contributed by atoms with Gasteiger partial charge in [0.1, 0.15) is 0 Å². The van der Waals surface area contributed by atoms with Gasteiger partial charge in [-0.25, -0.2) is 0 Å². The molecule has 5 N–H and O–H groups in total. The van der Waals surface area contributed by atoms with Crippen LogP contribution >= 0.6 is 0 Å². The SMILES string of the molecule is CC(N)(C(=O)Nc1ccc(C(N)=O)cc1)C(F)(F)F. The van der Waals surface area contributed by atoms with Gasteiger partial charge in [-0.15, -0.1) is 0 Å². The Kier molecular flexibility index (Phi) is 3.85. The van der Waals surface area contributed by atoms with Gasteiger partial charge in [0.25, 0.3) is 5.91 Å². The maximum absolute atomic E-state index is 12.5. The van der Waals surface area contributed by atoms with Crippen LogP contribution in [0.1, 0.15) is 17.3 Å². The first-order valence-electron chi connectivity index (χ1n) is 5.12. The van der Waals surface area contributed by atoms with Crippen molar-refractivity contribution in [3.05, 3.63) is 29.8 Å². The number of amides is 2. The molecule has 0 fully saturated rings. The number of hydrogen-bond acceptors (Lipinski definition) is 3. The van der Waals surface area contributed by atoms with Crippen LogP contribution < -0.4 is 16.8 Å². The average molecular weight is 275 g/mol. The van der Waals surface area contributed by atoms with Crippen molar-refractivity contribution in [3.8, 4) is 0 Å². The van der Waals surface area contributed by atoms with Crippen LogP contribution in [0.4, 0.5) is 18.9 Å². The fourth-order valence-electron chi connectivity index (χ4n) is 1.11. The molecule has 1 rings (SSSR count). The summed E-state index contributed by atoms with van der Waals surface area (Å²) in [6.45, 7) is 0.570. The van der Waals surface area contributed by atoms with E-state index < -0.39 is 23.5 Å². The summed E-state index contributed by atoms with van der Waals surface area (Å²) >= 11 is 0. The Morgan fingerprint density at radius 3 is 2.00 bits per heavy atom. The van der Waals surface area contributed by atoms with Gasteiger partial charge in [-0.05, 0) is 31.2 Å². The number of halogens is 3. The monoisotopic (exact) mass is 275 g/mol. The predicted molar refractivity (Wildman–Crippen MR) is 62.2 cm³/mol. The minimum absolute atomic E-state index is 0.0796. The van der Waals surface area contributed by atoms with Crippen molar-refractivity contribution in [1.82, 2.24) is 0 Å². The minimum Gasteiger partial charge on any atom is -0.366 e. The average Bonchev–Trinajstić information content (AvgIpc) is 2.28. The molecule has 0 saturated carbocycles. The van der Waals surface area contributed by atoms with E-state index in [-0.39, 0.29) is 11.3 Å². The Balaban J connectivity index is 2.86. The van der Waals surface area contributed by atoms with E-state index in [9.17, 15) is 22.8 Å². The zero-order valence-corrected chi connectivity index (χ0v) is 9.91. The van der Waals surface area contributed by atoms with Gasteiger partial charge in [0.2, 0.25) is 5.91 Å². The standard InChI is InChI=1S/C11H12F3N3O2/c1-10(16,11(12,13)14)9(19)17-7-4-2-6(3-5-7)8(15)18/h2-5H,16H2,1H3,(H2,15,18)(H,17,19). The number of benzene rings is 1. The molecule has 2 amide bonds. The van der Waals surface area contributed by atoms with Crippen molar-refractivity contribution >= 4 is 17.5 Å². The van der Waals surface area contributed by atoms with Crippen LogP contribution in [0.2, 0.25) is 0 Å². The highest BCUT2D eigenvalue weighted by Gasteiger charge is 2.53. The van der Waals surface area contributed by atoms with Crippen LogP contribution in [0.15, 0.2) is 24.3 Å². The molecule has 1 unspecified atom stereocenters. The summed E-state index contributed by atoms with van der Waals surface area (Å²) in [5.74, 6) is -2.08. The summed E-state index contributed by atoms with van der Waals surface area (Å²) in [7, 11) is 0. The highest BCUT2D eigenvalue weighted by atomic mass is 19.4. The number of anilines is 1.